The van der Waals surface area contributed by atoms with Crippen LogP contribution in [0.5, 0.6) is 5.75 Å². The molecule has 0 saturated heterocycles. The summed E-state index contributed by atoms with van der Waals surface area (Å²) in [6.45, 7) is 1.80. The predicted octanol–water partition coefficient (Wildman–Crippen LogP) is 3.22. The molecule has 0 unspecified atom stereocenters. The normalized spacial score (nSPS) is 14.0. The van der Waals surface area contributed by atoms with Crippen molar-refractivity contribution < 1.29 is 14.3 Å². The third-order valence-electron chi connectivity index (χ3n) is 3.47. The Kier molecular flexibility index (Phi) is 2.75. The maximum absolute atomic E-state index is 11.8. The number of hydrogen-bond acceptors (Lipinski definition) is 3. The lowest BCUT2D eigenvalue weighted by Gasteiger charge is -2.21. The summed E-state index contributed by atoms with van der Waals surface area (Å²) >= 11 is 0. The van der Waals surface area contributed by atoms with Crippen molar-refractivity contribution in [2.75, 3.05) is 7.11 Å². The molecule has 2 aromatic carbocycles. The van der Waals surface area contributed by atoms with Gasteiger partial charge in [0.05, 0.1) is 12.7 Å². The summed E-state index contributed by atoms with van der Waals surface area (Å²) in [7, 11) is 1.39. The molecular weight excluding hydrogens is 240 g/mol. The number of benzene rings is 2. The van der Waals surface area contributed by atoms with Crippen LogP contribution in [-0.2, 0) is 16.0 Å². The maximum atomic E-state index is 11.8. The molecule has 0 fully saturated rings. The molecule has 96 valence electrons. The van der Waals surface area contributed by atoms with E-state index in [0.29, 0.717) is 17.8 Å². The summed E-state index contributed by atoms with van der Waals surface area (Å²) in [6, 6.07) is 12.1. The Balaban J connectivity index is 2.16. The molecule has 1 aliphatic rings. The Morgan fingerprint density at radius 2 is 2.00 bits per heavy atom. The minimum Gasteiger partial charge on any atom is -0.466 e. The Morgan fingerprint density at radius 1 is 1.21 bits per heavy atom. The minimum atomic E-state index is -0.323. The highest BCUT2D eigenvalue weighted by Crippen LogP contribution is 2.35. The molecule has 19 heavy (non-hydrogen) atoms. The largest absolute Gasteiger partial charge is 0.466 e. The third kappa shape index (κ3) is 1.87. The standard InChI is InChI=1S/C16H14O3/c1-10-13(16(17)18-2)9-14-12-6-4-3-5-11(12)7-8-15(14)19-10/h3-8H,9H2,1-2H3. The lowest BCUT2D eigenvalue weighted by atomic mass is 9.95. The lowest BCUT2D eigenvalue weighted by molar-refractivity contribution is -0.136. The van der Waals surface area contributed by atoms with Gasteiger partial charge in [-0.05, 0) is 23.8 Å². The molecule has 0 atom stereocenters. The number of carbonyl (C=O) groups is 1. The molecule has 3 rings (SSSR count). The van der Waals surface area contributed by atoms with Gasteiger partial charge in [-0.15, -0.1) is 0 Å². The Bertz CT molecular complexity index is 698. The molecule has 3 heteroatoms. The number of rotatable bonds is 1. The van der Waals surface area contributed by atoms with Crippen molar-refractivity contribution in [1.29, 1.82) is 0 Å². The van der Waals surface area contributed by atoms with E-state index in [1.165, 1.54) is 7.11 Å². The van der Waals surface area contributed by atoms with Gasteiger partial charge in [-0.3, -0.25) is 0 Å². The number of allylic oxidation sites excluding steroid dienone is 1. The van der Waals surface area contributed by atoms with E-state index in [9.17, 15) is 4.79 Å². The van der Waals surface area contributed by atoms with Crippen LogP contribution in [0.15, 0.2) is 47.7 Å². The minimum absolute atomic E-state index is 0.323. The zero-order chi connectivity index (χ0) is 13.4. The maximum Gasteiger partial charge on any atom is 0.337 e. The molecule has 0 N–H and O–H groups in total. The Labute approximate surface area is 111 Å². The summed E-state index contributed by atoms with van der Waals surface area (Å²) in [5, 5.41) is 2.27. The Morgan fingerprint density at radius 3 is 2.79 bits per heavy atom. The van der Waals surface area contributed by atoms with Gasteiger partial charge in [0, 0.05) is 12.0 Å². The fourth-order valence-electron chi connectivity index (χ4n) is 2.46. The summed E-state index contributed by atoms with van der Waals surface area (Å²) in [6.07, 6.45) is 0.551. The van der Waals surface area contributed by atoms with Gasteiger partial charge < -0.3 is 9.47 Å². The predicted molar refractivity (Wildman–Crippen MR) is 73.0 cm³/mol. The van der Waals surface area contributed by atoms with Crippen LogP contribution < -0.4 is 4.74 Å². The number of hydrogen-bond donors (Lipinski definition) is 0. The van der Waals surface area contributed by atoms with Crippen molar-refractivity contribution in [2.24, 2.45) is 0 Å². The first-order chi connectivity index (χ1) is 9.20. The second-order valence-electron chi connectivity index (χ2n) is 4.57. The van der Waals surface area contributed by atoms with Crippen LogP contribution >= 0.6 is 0 Å². The van der Waals surface area contributed by atoms with Gasteiger partial charge in [0.1, 0.15) is 11.5 Å². The van der Waals surface area contributed by atoms with Crippen LogP contribution in [0.4, 0.5) is 0 Å². The smallest absolute Gasteiger partial charge is 0.337 e. The van der Waals surface area contributed by atoms with Crippen molar-refractivity contribution in [3.8, 4) is 5.75 Å². The Hall–Kier alpha value is -2.29. The first-order valence-electron chi connectivity index (χ1n) is 6.17. The van der Waals surface area contributed by atoms with Crippen molar-refractivity contribution >= 4 is 16.7 Å². The molecule has 0 radical (unpaired) electrons. The van der Waals surface area contributed by atoms with Crippen molar-refractivity contribution in [3.05, 3.63) is 53.3 Å². The van der Waals surface area contributed by atoms with Crippen molar-refractivity contribution in [1.82, 2.24) is 0 Å². The molecule has 1 aliphatic heterocycles. The molecule has 0 saturated carbocycles. The topological polar surface area (TPSA) is 35.5 Å². The van der Waals surface area contributed by atoms with Crippen molar-refractivity contribution in [2.45, 2.75) is 13.3 Å². The van der Waals surface area contributed by atoms with E-state index in [1.807, 2.05) is 30.3 Å². The van der Waals surface area contributed by atoms with E-state index in [0.717, 1.165) is 22.1 Å². The van der Waals surface area contributed by atoms with Gasteiger partial charge >= 0.3 is 5.97 Å². The number of fused-ring (bicyclic) bond motifs is 3. The summed E-state index contributed by atoms with van der Waals surface area (Å²) in [5.41, 5.74) is 1.63. The zero-order valence-corrected chi connectivity index (χ0v) is 10.9. The van der Waals surface area contributed by atoms with Gasteiger partial charge in [-0.2, -0.15) is 0 Å². The lowest BCUT2D eigenvalue weighted by Crippen LogP contribution is -2.16. The van der Waals surface area contributed by atoms with E-state index in [4.69, 9.17) is 9.47 Å². The van der Waals surface area contributed by atoms with E-state index in [-0.39, 0.29) is 5.97 Å². The highest BCUT2D eigenvalue weighted by molar-refractivity contribution is 5.94. The summed E-state index contributed by atoms with van der Waals surface area (Å²) < 4.78 is 10.6. The number of esters is 1. The van der Waals surface area contributed by atoms with E-state index < -0.39 is 0 Å². The van der Waals surface area contributed by atoms with Crippen LogP contribution in [0.25, 0.3) is 10.8 Å². The van der Waals surface area contributed by atoms with Gasteiger partial charge in [-0.25, -0.2) is 4.79 Å². The SMILES string of the molecule is COC(=O)C1=C(C)Oc2ccc3ccccc3c2C1. The number of carbonyl (C=O) groups excluding carboxylic acids is 1. The number of methoxy groups -OCH3 is 1. The molecule has 0 bridgehead atoms. The first kappa shape index (κ1) is 11.8. The molecule has 0 amide bonds. The monoisotopic (exact) mass is 254 g/mol. The molecule has 1 heterocycles. The van der Waals surface area contributed by atoms with E-state index in [2.05, 4.69) is 6.07 Å². The average Bonchev–Trinajstić information content (AvgIpc) is 2.45. The van der Waals surface area contributed by atoms with Crippen LogP contribution in [0, 0.1) is 0 Å². The molecule has 2 aromatic rings. The van der Waals surface area contributed by atoms with Crippen LogP contribution in [0.3, 0.4) is 0 Å². The quantitative estimate of drug-likeness (QED) is 0.733. The van der Waals surface area contributed by atoms with Gasteiger partial charge in [0.25, 0.3) is 0 Å². The van der Waals surface area contributed by atoms with E-state index in [1.54, 1.807) is 6.92 Å². The van der Waals surface area contributed by atoms with Crippen molar-refractivity contribution in [3.63, 3.8) is 0 Å². The van der Waals surface area contributed by atoms with Crippen LogP contribution in [0.2, 0.25) is 0 Å². The van der Waals surface area contributed by atoms with Crippen LogP contribution in [0.1, 0.15) is 12.5 Å². The second kappa shape index (κ2) is 4.43. The zero-order valence-electron chi connectivity index (χ0n) is 10.9. The van der Waals surface area contributed by atoms with E-state index >= 15 is 0 Å². The van der Waals surface area contributed by atoms with Gasteiger partial charge in [0.2, 0.25) is 0 Å². The molecule has 0 aromatic heterocycles. The average molecular weight is 254 g/mol. The van der Waals surface area contributed by atoms with Gasteiger partial charge in [0.15, 0.2) is 0 Å². The first-order valence-corrected chi connectivity index (χ1v) is 6.17. The fourth-order valence-corrected chi connectivity index (χ4v) is 2.46. The van der Waals surface area contributed by atoms with Gasteiger partial charge in [-0.1, -0.05) is 30.3 Å². The molecule has 3 nitrogen and oxygen atoms in total. The highest BCUT2D eigenvalue weighted by atomic mass is 16.5. The fraction of sp³-hybridized carbons (Fsp3) is 0.188. The number of ether oxygens (including phenoxy) is 2. The summed E-state index contributed by atoms with van der Waals surface area (Å²) in [4.78, 5) is 11.8. The molecule has 0 aliphatic carbocycles. The van der Waals surface area contributed by atoms with Crippen LogP contribution in [-0.4, -0.2) is 13.1 Å². The third-order valence-corrected chi connectivity index (χ3v) is 3.47. The highest BCUT2D eigenvalue weighted by Gasteiger charge is 2.24. The molecular formula is C16H14O3. The molecule has 0 spiro atoms. The summed E-state index contributed by atoms with van der Waals surface area (Å²) in [5.74, 6) is 1.12. The second-order valence-corrected chi connectivity index (χ2v) is 4.57.